The highest BCUT2D eigenvalue weighted by Gasteiger charge is 2.34. The third-order valence-corrected chi connectivity index (χ3v) is 4.80. The van der Waals surface area contributed by atoms with Crippen LogP contribution in [0.2, 0.25) is 0 Å². The summed E-state index contributed by atoms with van der Waals surface area (Å²) in [4.78, 5) is 7.70. The maximum absolute atomic E-state index is 12.5. The summed E-state index contributed by atoms with van der Waals surface area (Å²) in [6.07, 6.45) is -3.40. The average Bonchev–Trinajstić information content (AvgIpc) is 3.07. The van der Waals surface area contributed by atoms with Gasteiger partial charge in [-0.1, -0.05) is 0 Å². The number of hydrogen-bond acceptors (Lipinski definition) is 4. The van der Waals surface area contributed by atoms with Crippen molar-refractivity contribution in [2.24, 2.45) is 10.9 Å². The van der Waals surface area contributed by atoms with E-state index in [-0.39, 0.29) is 5.92 Å². The van der Waals surface area contributed by atoms with Crippen molar-refractivity contribution in [3.8, 4) is 11.5 Å². The highest BCUT2D eigenvalue weighted by atomic mass is 19.4. The number of halogens is 3. The highest BCUT2D eigenvalue weighted by molar-refractivity contribution is 5.79. The average molecular weight is 402 g/mol. The van der Waals surface area contributed by atoms with Crippen LogP contribution in [-0.2, 0) is 6.54 Å². The van der Waals surface area contributed by atoms with E-state index in [2.05, 4.69) is 10.3 Å². The van der Waals surface area contributed by atoms with Crippen molar-refractivity contribution >= 4 is 5.96 Å². The smallest absolute Gasteiger partial charge is 0.401 e. The van der Waals surface area contributed by atoms with Crippen LogP contribution >= 0.6 is 0 Å². The van der Waals surface area contributed by atoms with Crippen LogP contribution in [0, 0.1) is 5.92 Å². The molecular formula is C19H29F3N4O2. The van der Waals surface area contributed by atoms with Crippen molar-refractivity contribution in [3.05, 3.63) is 23.8 Å². The lowest BCUT2D eigenvalue weighted by Gasteiger charge is -2.24. The topological polar surface area (TPSA) is 49.3 Å². The highest BCUT2D eigenvalue weighted by Crippen LogP contribution is 2.26. The Balaban J connectivity index is 1.88. The van der Waals surface area contributed by atoms with Gasteiger partial charge in [0.15, 0.2) is 5.96 Å². The Kier molecular flexibility index (Phi) is 7.79. The van der Waals surface area contributed by atoms with Gasteiger partial charge in [0.25, 0.3) is 0 Å². The number of guanidine groups is 1. The zero-order valence-electron chi connectivity index (χ0n) is 16.8. The van der Waals surface area contributed by atoms with Crippen LogP contribution < -0.4 is 14.8 Å². The second-order valence-electron chi connectivity index (χ2n) is 6.97. The first-order chi connectivity index (χ1) is 13.3. The first-order valence-corrected chi connectivity index (χ1v) is 9.17. The van der Waals surface area contributed by atoms with E-state index in [1.807, 2.05) is 30.1 Å². The lowest BCUT2D eigenvalue weighted by atomic mass is 10.1. The summed E-state index contributed by atoms with van der Waals surface area (Å²) >= 11 is 0. The summed E-state index contributed by atoms with van der Waals surface area (Å²) in [6, 6.07) is 5.64. The normalized spacial score (nSPS) is 18.2. The number of aliphatic imine (C=N–C) groups is 1. The molecule has 1 aliphatic heterocycles. The molecule has 0 aromatic heterocycles. The van der Waals surface area contributed by atoms with Crippen molar-refractivity contribution in [2.75, 3.05) is 54.5 Å². The summed E-state index contributed by atoms with van der Waals surface area (Å²) in [5.41, 5.74) is 0.978. The number of ether oxygens (including phenoxy) is 2. The van der Waals surface area contributed by atoms with E-state index in [1.54, 1.807) is 21.3 Å². The lowest BCUT2D eigenvalue weighted by Crippen LogP contribution is -2.41. The first kappa shape index (κ1) is 22.1. The molecule has 1 N–H and O–H groups in total. The molecule has 1 aromatic carbocycles. The molecular weight excluding hydrogens is 373 g/mol. The molecule has 6 nitrogen and oxygen atoms in total. The molecule has 158 valence electrons. The number of likely N-dealkylation sites (tertiary alicyclic amines) is 1. The molecule has 0 amide bonds. The molecule has 1 aliphatic rings. The van der Waals surface area contributed by atoms with E-state index in [9.17, 15) is 13.2 Å². The Morgan fingerprint density at radius 3 is 2.68 bits per heavy atom. The summed E-state index contributed by atoms with van der Waals surface area (Å²) in [5, 5.41) is 3.28. The van der Waals surface area contributed by atoms with Gasteiger partial charge in [-0.05, 0) is 31.0 Å². The van der Waals surface area contributed by atoms with Crippen LogP contribution in [-0.4, -0.2) is 76.4 Å². The summed E-state index contributed by atoms with van der Waals surface area (Å²) in [5.74, 6) is 2.30. The molecule has 0 radical (unpaired) electrons. The summed E-state index contributed by atoms with van der Waals surface area (Å²) < 4.78 is 48.2. The molecule has 1 aromatic rings. The van der Waals surface area contributed by atoms with Crippen molar-refractivity contribution in [2.45, 2.75) is 19.1 Å². The number of nitrogens with one attached hydrogen (secondary N) is 1. The van der Waals surface area contributed by atoms with Gasteiger partial charge in [-0.2, -0.15) is 13.2 Å². The summed E-state index contributed by atoms with van der Waals surface area (Å²) in [6.45, 7) is 1.24. The maximum atomic E-state index is 12.5. The number of alkyl halides is 3. The van der Waals surface area contributed by atoms with Gasteiger partial charge in [0.05, 0.1) is 20.8 Å². The second kappa shape index (κ2) is 9.86. The second-order valence-corrected chi connectivity index (χ2v) is 6.97. The van der Waals surface area contributed by atoms with Crippen molar-refractivity contribution in [1.82, 2.24) is 15.1 Å². The van der Waals surface area contributed by atoms with Crippen LogP contribution in [0.1, 0.15) is 12.0 Å². The van der Waals surface area contributed by atoms with Gasteiger partial charge in [-0.15, -0.1) is 0 Å². The van der Waals surface area contributed by atoms with E-state index in [4.69, 9.17) is 9.47 Å². The molecule has 0 saturated carbocycles. The molecule has 2 rings (SSSR count). The van der Waals surface area contributed by atoms with Crippen LogP contribution in [0.15, 0.2) is 23.2 Å². The SMILES string of the molecule is CN=C(NCC1CCN(CC(F)(F)F)C1)N(C)Cc1ccc(OC)cc1OC. The Morgan fingerprint density at radius 1 is 1.32 bits per heavy atom. The fraction of sp³-hybridized carbons (Fsp3) is 0.632. The number of methoxy groups -OCH3 is 2. The predicted molar refractivity (Wildman–Crippen MR) is 103 cm³/mol. The van der Waals surface area contributed by atoms with E-state index in [1.165, 1.54) is 4.90 Å². The number of hydrogen-bond donors (Lipinski definition) is 1. The Hall–Kier alpha value is -2.16. The first-order valence-electron chi connectivity index (χ1n) is 9.17. The van der Waals surface area contributed by atoms with Gasteiger partial charge in [0.2, 0.25) is 0 Å². The number of nitrogens with zero attached hydrogens (tertiary/aromatic N) is 3. The molecule has 1 heterocycles. The third-order valence-electron chi connectivity index (χ3n) is 4.80. The Labute approximate surface area is 164 Å². The lowest BCUT2D eigenvalue weighted by molar-refractivity contribution is -0.143. The fourth-order valence-corrected chi connectivity index (χ4v) is 3.41. The molecule has 1 unspecified atom stereocenters. The van der Waals surface area contributed by atoms with E-state index < -0.39 is 12.7 Å². The van der Waals surface area contributed by atoms with Crippen LogP contribution in [0.3, 0.4) is 0 Å². The zero-order chi connectivity index (χ0) is 20.7. The summed E-state index contributed by atoms with van der Waals surface area (Å²) in [7, 11) is 6.81. The van der Waals surface area contributed by atoms with Gasteiger partial charge in [-0.25, -0.2) is 0 Å². The number of benzene rings is 1. The molecule has 0 bridgehead atoms. The molecule has 1 atom stereocenters. The van der Waals surface area contributed by atoms with Crippen molar-refractivity contribution in [3.63, 3.8) is 0 Å². The standard InChI is InChI=1S/C19H29F3N4O2/c1-23-18(24-10-14-7-8-26(11-14)13-19(20,21)22)25(2)12-15-5-6-16(27-3)9-17(15)28-4/h5-6,9,14H,7-8,10-13H2,1-4H3,(H,23,24). The Bertz CT molecular complexity index is 667. The van der Waals surface area contributed by atoms with Crippen molar-refractivity contribution < 1.29 is 22.6 Å². The van der Waals surface area contributed by atoms with Gasteiger partial charge in [-0.3, -0.25) is 9.89 Å². The minimum atomic E-state index is -4.14. The number of rotatable bonds is 7. The minimum Gasteiger partial charge on any atom is -0.497 e. The van der Waals surface area contributed by atoms with Crippen LogP contribution in [0.25, 0.3) is 0 Å². The van der Waals surface area contributed by atoms with Gasteiger partial charge < -0.3 is 19.7 Å². The fourth-order valence-electron chi connectivity index (χ4n) is 3.41. The predicted octanol–water partition coefficient (Wildman–Crippen LogP) is 2.60. The van der Waals surface area contributed by atoms with Crippen molar-refractivity contribution in [1.29, 1.82) is 0 Å². The Morgan fingerprint density at radius 2 is 2.07 bits per heavy atom. The molecule has 0 aliphatic carbocycles. The van der Waals surface area contributed by atoms with Gasteiger partial charge in [0, 0.05) is 45.4 Å². The third kappa shape index (κ3) is 6.47. The maximum Gasteiger partial charge on any atom is 0.401 e. The van der Waals surface area contributed by atoms with Gasteiger partial charge >= 0.3 is 6.18 Å². The van der Waals surface area contributed by atoms with E-state index in [0.29, 0.717) is 32.1 Å². The zero-order valence-corrected chi connectivity index (χ0v) is 16.8. The van der Waals surface area contributed by atoms with E-state index >= 15 is 0 Å². The molecule has 1 fully saturated rings. The monoisotopic (exact) mass is 402 g/mol. The van der Waals surface area contributed by atoms with Crippen LogP contribution in [0.4, 0.5) is 13.2 Å². The molecule has 1 saturated heterocycles. The van der Waals surface area contributed by atoms with E-state index in [0.717, 1.165) is 23.5 Å². The molecule has 28 heavy (non-hydrogen) atoms. The van der Waals surface area contributed by atoms with Crippen LogP contribution in [0.5, 0.6) is 11.5 Å². The minimum absolute atomic E-state index is 0.169. The quantitative estimate of drug-likeness (QED) is 0.561. The molecule has 9 heteroatoms. The van der Waals surface area contributed by atoms with Gasteiger partial charge in [0.1, 0.15) is 11.5 Å². The largest absolute Gasteiger partial charge is 0.497 e. The molecule has 0 spiro atoms.